The van der Waals surface area contributed by atoms with Crippen LogP contribution in [-0.2, 0) is 22.4 Å². The van der Waals surface area contributed by atoms with Gasteiger partial charge in [-0.25, -0.2) is 0 Å². The maximum Gasteiger partial charge on any atom is 0.264 e. The van der Waals surface area contributed by atoms with E-state index < -0.39 is 11.2 Å². The average molecular weight is 551 g/mol. The highest BCUT2D eigenvalue weighted by Gasteiger charge is 2.41. The number of nitrogens with zero attached hydrogens (tertiary/aromatic N) is 4. The first-order valence-electron chi connectivity index (χ1n) is 13.8. The van der Waals surface area contributed by atoms with Gasteiger partial charge in [0, 0.05) is 46.6 Å². The summed E-state index contributed by atoms with van der Waals surface area (Å²) in [6.45, 7) is 8.08. The van der Waals surface area contributed by atoms with Crippen molar-refractivity contribution in [1.29, 1.82) is 5.26 Å². The zero-order valence-electron chi connectivity index (χ0n) is 22.9. The van der Waals surface area contributed by atoms with Gasteiger partial charge in [0.2, 0.25) is 5.91 Å². The number of carbonyl (C=O) groups excluding carboxylic acids is 2. The fraction of sp³-hybridized carbons (Fsp3) is 0.467. The molecular weight excluding hydrogens is 508 g/mol. The van der Waals surface area contributed by atoms with Crippen LogP contribution in [0.1, 0.15) is 47.1 Å². The first kappa shape index (κ1) is 28.7. The van der Waals surface area contributed by atoms with Gasteiger partial charge in [-0.2, -0.15) is 5.26 Å². The number of hydrogen-bond donors (Lipinski definition) is 2. The van der Waals surface area contributed by atoms with E-state index in [1.54, 1.807) is 17.3 Å². The molecule has 3 heterocycles. The van der Waals surface area contributed by atoms with Crippen LogP contribution in [0.15, 0.2) is 59.4 Å². The molecule has 1 atom stereocenters. The Labute approximate surface area is 238 Å². The van der Waals surface area contributed by atoms with Crippen LogP contribution in [0.25, 0.3) is 0 Å². The third kappa shape index (κ3) is 7.84. The molecule has 2 amide bonds. The van der Waals surface area contributed by atoms with E-state index in [0.29, 0.717) is 24.5 Å². The highest BCUT2D eigenvalue weighted by Crippen LogP contribution is 2.39. The third-order valence-corrected chi connectivity index (χ3v) is 8.36. The molecule has 2 aliphatic rings. The Balaban J connectivity index is 0.00000294. The van der Waals surface area contributed by atoms with Crippen molar-refractivity contribution >= 4 is 29.3 Å². The van der Waals surface area contributed by atoms with Gasteiger partial charge < -0.3 is 20.4 Å². The van der Waals surface area contributed by atoms with Crippen LogP contribution < -0.4 is 10.6 Å². The molecule has 1 aromatic carbocycles. The Kier molecular flexibility index (Phi) is 10.4. The fourth-order valence-electron chi connectivity index (χ4n) is 4.92. The highest BCUT2D eigenvalue weighted by atomic mass is 32.2. The average Bonchev–Trinajstić information content (AvgIpc) is 3.28. The molecule has 2 aromatic rings. The van der Waals surface area contributed by atoms with Crippen molar-refractivity contribution < 1.29 is 12.4 Å². The topological polar surface area (TPSA) is 101 Å². The Morgan fingerprint density at radius 2 is 1.92 bits per heavy atom. The van der Waals surface area contributed by atoms with E-state index in [9.17, 15) is 14.9 Å². The Morgan fingerprint density at radius 1 is 1.15 bits per heavy atom. The number of rotatable bonds is 11. The summed E-state index contributed by atoms with van der Waals surface area (Å²) in [5.41, 5.74) is 3.24. The van der Waals surface area contributed by atoms with Gasteiger partial charge in [-0.1, -0.05) is 36.4 Å². The number of thioether (sulfide) groups is 1. The first-order valence-corrected chi connectivity index (χ1v) is 14.7. The lowest BCUT2D eigenvalue weighted by Crippen LogP contribution is -2.37. The second-order valence-electron chi connectivity index (χ2n) is 10.3. The first-order chi connectivity index (χ1) is 19.0. The lowest BCUT2D eigenvalue weighted by atomic mass is 10.1. The molecule has 8 nitrogen and oxygen atoms in total. The zero-order chi connectivity index (χ0) is 27.6. The lowest BCUT2D eigenvalue weighted by molar-refractivity contribution is -0.128. The van der Waals surface area contributed by atoms with Crippen LogP contribution in [-0.4, -0.2) is 70.6 Å². The molecule has 0 saturated carbocycles. The summed E-state index contributed by atoms with van der Waals surface area (Å²) in [4.78, 5) is 34.4. The van der Waals surface area contributed by atoms with Crippen LogP contribution >= 0.6 is 11.8 Å². The Morgan fingerprint density at radius 3 is 2.59 bits per heavy atom. The largest absolute Gasteiger partial charge is 0.383 e. The number of pyridine rings is 1. The highest BCUT2D eigenvalue weighted by molar-refractivity contribution is 8.04. The van der Waals surface area contributed by atoms with Crippen LogP contribution in [0.2, 0.25) is 0 Å². The molecule has 2 fully saturated rings. The molecule has 0 spiro atoms. The van der Waals surface area contributed by atoms with E-state index in [1.807, 2.05) is 26.0 Å². The molecule has 9 heteroatoms. The number of benzene rings is 1. The van der Waals surface area contributed by atoms with Crippen LogP contribution in [0.3, 0.4) is 0 Å². The predicted octanol–water partition coefficient (Wildman–Crippen LogP) is 4.46. The van der Waals surface area contributed by atoms with E-state index in [2.05, 4.69) is 50.9 Å². The van der Waals surface area contributed by atoms with Crippen molar-refractivity contribution in [3.05, 3.63) is 70.5 Å². The minimum atomic E-state index is -0.462. The predicted molar refractivity (Wildman–Crippen MR) is 160 cm³/mol. The van der Waals surface area contributed by atoms with Crippen LogP contribution in [0.5, 0.6) is 0 Å². The number of piperidine rings is 1. The Bertz CT molecular complexity index is 1200. The molecule has 0 bridgehead atoms. The van der Waals surface area contributed by atoms with E-state index >= 15 is 0 Å². The summed E-state index contributed by atoms with van der Waals surface area (Å²) >= 11 is 1.29. The molecule has 2 aliphatic heterocycles. The number of anilines is 1. The molecule has 2 N–H and O–H groups in total. The van der Waals surface area contributed by atoms with Gasteiger partial charge in [0.05, 0.1) is 0 Å². The maximum atomic E-state index is 13.3. The normalized spacial score (nSPS) is 19.2. The molecule has 0 aliphatic carbocycles. The summed E-state index contributed by atoms with van der Waals surface area (Å²) < 4.78 is 0. The number of amides is 2. The van der Waals surface area contributed by atoms with Gasteiger partial charge in [-0.05, 0) is 81.9 Å². The number of aromatic nitrogens is 1. The fourth-order valence-corrected chi connectivity index (χ4v) is 6.24. The van der Waals surface area contributed by atoms with Crippen molar-refractivity contribution in [1.82, 2.24) is 20.1 Å². The minimum absolute atomic E-state index is 0. The lowest BCUT2D eigenvalue weighted by Gasteiger charge is -2.26. The molecule has 210 valence electrons. The molecule has 0 radical (unpaired) electrons. The third-order valence-electron chi connectivity index (χ3n) is 7.09. The summed E-state index contributed by atoms with van der Waals surface area (Å²) in [6, 6.07) is 14.1. The SMILES string of the molecule is CC(C)N1C(=O)C(CNc2ccc(CCN3CCCCC3)cc2)S/C1=C(/C#N)C(=O)NCCc1cccnc1.[HH].[HH]. The molecule has 2 saturated heterocycles. The van der Waals surface area contributed by atoms with Gasteiger partial charge >= 0.3 is 0 Å². The number of nitriles is 1. The molecule has 1 unspecified atom stereocenters. The number of carbonyl (C=O) groups is 2. The standard InChI is InChI=1S/C30H38N6O2S.2H2/c1-22(2)36-29(38)27(21-34-25-10-8-23(9-11-25)13-18-35-16-4-3-5-17-35)39-30(36)26(19-31)28(37)33-15-12-24-7-6-14-32-20-24;;/h6-11,14,20,22,27,34H,3-5,12-13,15-18,21H2,1-2H3,(H,33,37);2*1H/b30-26-;;. The summed E-state index contributed by atoms with van der Waals surface area (Å²) in [6.07, 6.45) is 9.06. The van der Waals surface area contributed by atoms with E-state index in [0.717, 1.165) is 24.2 Å². The van der Waals surface area contributed by atoms with Gasteiger partial charge in [-0.15, -0.1) is 0 Å². The van der Waals surface area contributed by atoms with Crippen molar-refractivity contribution in [3.8, 4) is 6.07 Å². The van der Waals surface area contributed by atoms with Crippen molar-refractivity contribution in [2.45, 2.75) is 57.2 Å². The zero-order valence-corrected chi connectivity index (χ0v) is 23.7. The number of likely N-dealkylation sites (tertiary alicyclic amines) is 1. The van der Waals surface area contributed by atoms with E-state index in [4.69, 9.17) is 0 Å². The Hall–Kier alpha value is -3.35. The monoisotopic (exact) mass is 550 g/mol. The second kappa shape index (κ2) is 14.2. The van der Waals surface area contributed by atoms with Crippen molar-refractivity contribution in [2.24, 2.45) is 0 Å². The maximum absolute atomic E-state index is 13.3. The van der Waals surface area contributed by atoms with Crippen molar-refractivity contribution in [2.75, 3.05) is 38.0 Å². The van der Waals surface area contributed by atoms with Gasteiger partial charge in [0.25, 0.3) is 5.91 Å². The number of hydrogen-bond acceptors (Lipinski definition) is 7. The quantitative estimate of drug-likeness (QED) is 0.315. The molecular formula is C30H42N6O2S. The van der Waals surface area contributed by atoms with Gasteiger partial charge in [0.15, 0.2) is 0 Å². The molecule has 4 rings (SSSR count). The second-order valence-corrected chi connectivity index (χ2v) is 11.5. The van der Waals surface area contributed by atoms with Crippen LogP contribution in [0.4, 0.5) is 5.69 Å². The summed E-state index contributed by atoms with van der Waals surface area (Å²) in [5.74, 6) is -0.553. The van der Waals surface area contributed by atoms with Gasteiger partial charge in [-0.3, -0.25) is 14.6 Å². The number of nitrogens with one attached hydrogen (secondary N) is 2. The van der Waals surface area contributed by atoms with Gasteiger partial charge in [0.1, 0.15) is 21.9 Å². The summed E-state index contributed by atoms with van der Waals surface area (Å²) in [7, 11) is 0. The van der Waals surface area contributed by atoms with E-state index in [1.165, 1.54) is 49.7 Å². The van der Waals surface area contributed by atoms with Crippen LogP contribution in [0, 0.1) is 11.3 Å². The molecule has 39 heavy (non-hydrogen) atoms. The van der Waals surface area contributed by atoms with Crippen molar-refractivity contribution in [3.63, 3.8) is 0 Å². The molecule has 1 aromatic heterocycles. The van der Waals surface area contributed by atoms with E-state index in [-0.39, 0.29) is 20.4 Å². The smallest absolute Gasteiger partial charge is 0.264 e. The summed E-state index contributed by atoms with van der Waals surface area (Å²) in [5, 5.41) is 16.1. The minimum Gasteiger partial charge on any atom is -0.383 e.